The van der Waals surface area contributed by atoms with Crippen LogP contribution >= 0.6 is 0 Å². The lowest BCUT2D eigenvalue weighted by Crippen LogP contribution is -2.12. The average Bonchev–Trinajstić information content (AvgIpc) is 3.06. The molecule has 2 aromatic carbocycles. The second-order valence-corrected chi connectivity index (χ2v) is 4.54. The first kappa shape index (κ1) is 14.4. The molecule has 1 aromatic heterocycles. The van der Waals surface area contributed by atoms with Crippen molar-refractivity contribution in [3.8, 4) is 17.5 Å². The average molecular weight is 308 g/mol. The molecule has 23 heavy (non-hydrogen) atoms. The third-order valence-corrected chi connectivity index (χ3v) is 3.00. The zero-order valence-corrected chi connectivity index (χ0v) is 11.7. The Morgan fingerprint density at radius 3 is 2.57 bits per heavy atom. The summed E-state index contributed by atoms with van der Waals surface area (Å²) in [7, 11) is 0. The third kappa shape index (κ3) is 3.06. The van der Waals surface area contributed by atoms with Crippen LogP contribution in [-0.2, 0) is 0 Å². The fraction of sp³-hybridized carbons (Fsp3) is 0. The molecule has 0 unspecified atom stereocenters. The van der Waals surface area contributed by atoms with E-state index in [4.69, 9.17) is 9.68 Å². The van der Waals surface area contributed by atoms with Crippen LogP contribution in [0.5, 0.6) is 0 Å². The molecule has 0 fully saturated rings. The molecule has 0 bridgehead atoms. The summed E-state index contributed by atoms with van der Waals surface area (Å²) in [6.45, 7) is 0. The SMILES string of the molecule is N#Cc1ccc(NC(=O)c2nnc(-c3ccccc3F)o2)cc1. The van der Waals surface area contributed by atoms with Gasteiger partial charge in [-0.15, -0.1) is 10.2 Å². The Labute approximate surface area is 130 Å². The quantitative estimate of drug-likeness (QED) is 0.803. The summed E-state index contributed by atoms with van der Waals surface area (Å²) >= 11 is 0. The van der Waals surface area contributed by atoms with E-state index >= 15 is 0 Å². The molecule has 7 heteroatoms. The smallest absolute Gasteiger partial charge is 0.313 e. The second-order valence-electron chi connectivity index (χ2n) is 4.54. The largest absolute Gasteiger partial charge is 0.412 e. The van der Waals surface area contributed by atoms with Crippen LogP contribution in [0.3, 0.4) is 0 Å². The van der Waals surface area contributed by atoms with Crippen molar-refractivity contribution in [2.75, 3.05) is 5.32 Å². The van der Waals surface area contributed by atoms with Gasteiger partial charge in [-0.2, -0.15) is 5.26 Å². The molecule has 1 heterocycles. The van der Waals surface area contributed by atoms with Crippen LogP contribution in [0.25, 0.3) is 11.5 Å². The number of anilines is 1. The fourth-order valence-corrected chi connectivity index (χ4v) is 1.87. The van der Waals surface area contributed by atoms with Crippen molar-refractivity contribution in [2.24, 2.45) is 0 Å². The Morgan fingerprint density at radius 2 is 1.87 bits per heavy atom. The number of aromatic nitrogens is 2. The first-order chi connectivity index (χ1) is 11.2. The predicted octanol–water partition coefficient (Wildman–Crippen LogP) is 3.00. The molecule has 112 valence electrons. The first-order valence-corrected chi connectivity index (χ1v) is 6.57. The van der Waals surface area contributed by atoms with E-state index in [9.17, 15) is 9.18 Å². The molecule has 0 radical (unpaired) electrons. The maximum atomic E-state index is 13.6. The number of carbonyl (C=O) groups excluding carboxylic acids is 1. The summed E-state index contributed by atoms with van der Waals surface area (Å²) in [5.74, 6) is -1.50. The molecule has 0 aliphatic heterocycles. The molecule has 0 saturated heterocycles. The maximum absolute atomic E-state index is 13.6. The number of hydrogen-bond donors (Lipinski definition) is 1. The Balaban J connectivity index is 1.78. The molecule has 0 saturated carbocycles. The van der Waals surface area contributed by atoms with Crippen molar-refractivity contribution in [3.63, 3.8) is 0 Å². The van der Waals surface area contributed by atoms with E-state index in [1.165, 1.54) is 18.2 Å². The lowest BCUT2D eigenvalue weighted by molar-refractivity contribution is 0.0991. The molecule has 3 aromatic rings. The predicted molar refractivity (Wildman–Crippen MR) is 78.8 cm³/mol. The van der Waals surface area contributed by atoms with Gasteiger partial charge in [0.15, 0.2) is 0 Å². The van der Waals surface area contributed by atoms with Crippen LogP contribution in [0.15, 0.2) is 52.9 Å². The van der Waals surface area contributed by atoms with Crippen molar-refractivity contribution in [1.29, 1.82) is 5.26 Å². The minimum atomic E-state index is -0.621. The van der Waals surface area contributed by atoms with E-state index in [0.717, 1.165) is 0 Å². The summed E-state index contributed by atoms with van der Waals surface area (Å²) in [5.41, 5.74) is 1.07. The lowest BCUT2D eigenvalue weighted by Gasteiger charge is -2.01. The normalized spacial score (nSPS) is 10.1. The van der Waals surface area contributed by atoms with E-state index in [-0.39, 0.29) is 17.3 Å². The highest BCUT2D eigenvalue weighted by atomic mass is 19.1. The van der Waals surface area contributed by atoms with Crippen LogP contribution in [0, 0.1) is 17.1 Å². The van der Waals surface area contributed by atoms with E-state index < -0.39 is 11.7 Å². The van der Waals surface area contributed by atoms with E-state index in [2.05, 4.69) is 15.5 Å². The number of hydrogen-bond acceptors (Lipinski definition) is 5. The zero-order valence-electron chi connectivity index (χ0n) is 11.7. The van der Waals surface area contributed by atoms with Crippen LogP contribution in [0.1, 0.15) is 16.2 Å². The molecule has 1 N–H and O–H groups in total. The van der Waals surface area contributed by atoms with Crippen LogP contribution in [0.4, 0.5) is 10.1 Å². The Bertz CT molecular complexity index is 897. The van der Waals surface area contributed by atoms with Gasteiger partial charge in [0.1, 0.15) is 5.82 Å². The van der Waals surface area contributed by atoms with Gasteiger partial charge in [0.05, 0.1) is 17.2 Å². The molecule has 0 spiro atoms. The number of carbonyl (C=O) groups is 1. The minimum Gasteiger partial charge on any atom is -0.412 e. The molecule has 0 atom stereocenters. The lowest BCUT2D eigenvalue weighted by atomic mass is 10.2. The van der Waals surface area contributed by atoms with Crippen LogP contribution < -0.4 is 5.32 Å². The number of halogens is 1. The highest BCUT2D eigenvalue weighted by Gasteiger charge is 2.17. The third-order valence-electron chi connectivity index (χ3n) is 3.00. The number of benzene rings is 2. The second kappa shape index (κ2) is 6.07. The maximum Gasteiger partial charge on any atom is 0.313 e. The van der Waals surface area contributed by atoms with Crippen LogP contribution in [-0.4, -0.2) is 16.1 Å². The standard InChI is InChI=1S/C16H9FN4O2/c17-13-4-2-1-3-12(13)15-20-21-16(23-15)14(22)19-11-7-5-10(9-18)6-8-11/h1-8H,(H,19,22). The molecule has 1 amide bonds. The zero-order chi connectivity index (χ0) is 16.2. The van der Waals surface area contributed by atoms with Gasteiger partial charge in [-0.3, -0.25) is 4.79 Å². The van der Waals surface area contributed by atoms with Gasteiger partial charge in [-0.25, -0.2) is 4.39 Å². The monoisotopic (exact) mass is 308 g/mol. The number of amides is 1. The van der Waals surface area contributed by atoms with Crippen molar-refractivity contribution >= 4 is 11.6 Å². The van der Waals surface area contributed by atoms with Crippen molar-refractivity contribution in [1.82, 2.24) is 10.2 Å². The number of nitriles is 1. The van der Waals surface area contributed by atoms with Gasteiger partial charge >= 0.3 is 11.8 Å². The first-order valence-electron chi connectivity index (χ1n) is 6.57. The van der Waals surface area contributed by atoms with E-state index in [0.29, 0.717) is 11.3 Å². The highest BCUT2D eigenvalue weighted by molar-refractivity contribution is 6.00. The number of rotatable bonds is 3. The van der Waals surface area contributed by atoms with Crippen molar-refractivity contribution in [2.45, 2.75) is 0 Å². The molecular weight excluding hydrogens is 299 g/mol. The number of nitrogens with one attached hydrogen (secondary N) is 1. The highest BCUT2D eigenvalue weighted by Crippen LogP contribution is 2.21. The van der Waals surface area contributed by atoms with Crippen molar-refractivity contribution in [3.05, 3.63) is 65.8 Å². The minimum absolute atomic E-state index is 0.0759. The summed E-state index contributed by atoms with van der Waals surface area (Å²) in [6, 6.07) is 14.1. The topological polar surface area (TPSA) is 91.8 Å². The number of nitrogens with zero attached hydrogens (tertiary/aromatic N) is 3. The van der Waals surface area contributed by atoms with Crippen molar-refractivity contribution < 1.29 is 13.6 Å². The van der Waals surface area contributed by atoms with Crippen LogP contribution in [0.2, 0.25) is 0 Å². The molecule has 3 rings (SSSR count). The van der Waals surface area contributed by atoms with Gasteiger partial charge in [0.2, 0.25) is 0 Å². The van der Waals surface area contributed by atoms with Gasteiger partial charge in [0.25, 0.3) is 5.89 Å². The molecular formula is C16H9FN4O2. The Kier molecular flexibility index (Phi) is 3.80. The van der Waals surface area contributed by atoms with E-state index in [1.807, 2.05) is 6.07 Å². The summed E-state index contributed by atoms with van der Waals surface area (Å²) in [4.78, 5) is 12.0. The van der Waals surface area contributed by atoms with Gasteiger partial charge < -0.3 is 9.73 Å². The Hall–Kier alpha value is -3.53. The van der Waals surface area contributed by atoms with E-state index in [1.54, 1.807) is 30.3 Å². The molecule has 0 aliphatic rings. The van der Waals surface area contributed by atoms with Gasteiger partial charge in [-0.05, 0) is 36.4 Å². The Morgan fingerprint density at radius 1 is 1.13 bits per heavy atom. The van der Waals surface area contributed by atoms with Gasteiger partial charge in [-0.1, -0.05) is 12.1 Å². The molecule has 6 nitrogen and oxygen atoms in total. The summed E-state index contributed by atoms with van der Waals surface area (Å²) < 4.78 is 18.9. The fourth-order valence-electron chi connectivity index (χ4n) is 1.87. The molecule has 0 aliphatic carbocycles. The summed E-state index contributed by atoms with van der Waals surface area (Å²) in [6.07, 6.45) is 0. The van der Waals surface area contributed by atoms with Gasteiger partial charge in [0, 0.05) is 5.69 Å². The summed E-state index contributed by atoms with van der Waals surface area (Å²) in [5, 5.41) is 18.6.